The molecule has 12 aromatic rings. The summed E-state index contributed by atoms with van der Waals surface area (Å²) in [6.07, 6.45) is 21.7. The number of nitrogens with one attached hydrogen (secondary N) is 4. The minimum atomic E-state index is -0.783. The number of benzene rings is 12. The molecule has 4 atom stereocenters. The van der Waals surface area contributed by atoms with Gasteiger partial charge in [0.25, 0.3) is 0 Å². The van der Waals surface area contributed by atoms with Crippen LogP contribution >= 0.6 is 0 Å². The molecule has 0 spiro atoms. The molecule has 0 aromatic heterocycles. The Balaban J connectivity index is 0.000000167. The average Bonchev–Trinajstić information content (AvgIpc) is 1.51. The van der Waals surface area contributed by atoms with Crippen LogP contribution in [0.15, 0.2) is 267 Å². The summed E-state index contributed by atoms with van der Waals surface area (Å²) >= 11 is 0. The van der Waals surface area contributed by atoms with Crippen molar-refractivity contribution in [3.63, 3.8) is 0 Å². The highest BCUT2D eigenvalue weighted by atomic mass is 19.1. The summed E-state index contributed by atoms with van der Waals surface area (Å²) in [5.41, 5.74) is 27.5. The lowest BCUT2D eigenvalue weighted by Crippen LogP contribution is -2.11. The maximum absolute atomic E-state index is 15.0. The molecule has 0 saturated heterocycles. The van der Waals surface area contributed by atoms with Gasteiger partial charge in [0.1, 0.15) is 46.3 Å². The van der Waals surface area contributed by atoms with Crippen molar-refractivity contribution < 1.29 is 75.4 Å². The quantitative estimate of drug-likeness (QED) is 0.0156. The van der Waals surface area contributed by atoms with Crippen molar-refractivity contribution in [2.75, 3.05) is 63.9 Å². The first-order valence-electron chi connectivity index (χ1n) is 52.6. The number of halogens is 4. The van der Waals surface area contributed by atoms with Gasteiger partial charge in [-0.2, -0.15) is 0 Å². The molecule has 0 aliphatic heterocycles. The predicted molar refractivity (Wildman–Crippen MR) is 602 cm³/mol. The van der Waals surface area contributed by atoms with Crippen molar-refractivity contribution in [2.45, 2.75) is 236 Å². The van der Waals surface area contributed by atoms with Gasteiger partial charge >= 0.3 is 23.9 Å². The van der Waals surface area contributed by atoms with Crippen LogP contribution in [0.25, 0.3) is 66.8 Å². The second-order valence-electron chi connectivity index (χ2n) is 42.2. The van der Waals surface area contributed by atoms with Crippen molar-refractivity contribution in [3.8, 4) is 67.5 Å². The molecule has 0 amide bonds. The molecule has 788 valence electrons. The third-order valence-electron chi connectivity index (χ3n) is 30.3. The Kier molecular flexibility index (Phi) is 38.9. The van der Waals surface area contributed by atoms with E-state index in [0.717, 1.165) is 189 Å². The molecular formula is C130H148F4N4O12. The number of ether oxygens (including phenoxy) is 6. The summed E-state index contributed by atoms with van der Waals surface area (Å²) in [5.74, 6) is -0.296. The van der Waals surface area contributed by atoms with Crippen LogP contribution in [-0.2, 0) is 54.8 Å². The second-order valence-corrected chi connectivity index (χ2v) is 42.2. The van der Waals surface area contributed by atoms with Crippen molar-refractivity contribution in [1.29, 1.82) is 0 Å². The van der Waals surface area contributed by atoms with E-state index >= 15 is 17.6 Å². The number of esters is 2. The Labute approximate surface area is 884 Å². The van der Waals surface area contributed by atoms with Crippen LogP contribution in [0, 0.1) is 44.9 Å². The molecule has 0 radical (unpaired) electrons. The molecule has 4 aliphatic carbocycles. The Hall–Kier alpha value is -14.4. The number of allylic oxidation sites excluding steroid dienone is 8. The van der Waals surface area contributed by atoms with E-state index in [9.17, 15) is 29.4 Å². The van der Waals surface area contributed by atoms with Gasteiger partial charge in [-0.1, -0.05) is 204 Å². The number of anilines is 4. The Bertz CT molecular complexity index is 6500. The average molecular weight is 2030 g/mol. The minimum absolute atomic E-state index is 0.00375. The topological polar surface area (TPSA) is 212 Å². The zero-order valence-corrected chi connectivity index (χ0v) is 90.3. The summed E-state index contributed by atoms with van der Waals surface area (Å²) < 4.78 is 91.4. The molecule has 0 unspecified atom stereocenters. The Morgan fingerprint density at radius 3 is 0.687 bits per heavy atom. The number of carboxylic acids is 2. The zero-order chi connectivity index (χ0) is 108. The van der Waals surface area contributed by atoms with Crippen LogP contribution in [0.3, 0.4) is 0 Å². The zero-order valence-electron chi connectivity index (χ0n) is 90.3. The van der Waals surface area contributed by atoms with Crippen LogP contribution in [-0.4, -0.2) is 76.7 Å². The second kappa shape index (κ2) is 51.7. The van der Waals surface area contributed by atoms with Crippen molar-refractivity contribution in [2.24, 2.45) is 21.7 Å². The first kappa shape index (κ1) is 113. The maximum atomic E-state index is 15.0. The van der Waals surface area contributed by atoms with E-state index in [2.05, 4.69) is 175 Å². The van der Waals surface area contributed by atoms with Gasteiger partial charge in [-0.25, -0.2) is 17.6 Å². The fourth-order valence-electron chi connectivity index (χ4n) is 21.2. The van der Waals surface area contributed by atoms with Gasteiger partial charge in [0.15, 0.2) is 0 Å². The lowest BCUT2D eigenvalue weighted by atomic mass is 9.79. The Morgan fingerprint density at radius 1 is 0.280 bits per heavy atom. The van der Waals surface area contributed by atoms with E-state index in [0.29, 0.717) is 84.3 Å². The summed E-state index contributed by atoms with van der Waals surface area (Å²) in [7, 11) is 9.24. The summed E-state index contributed by atoms with van der Waals surface area (Å²) in [6.45, 7) is 28.6. The number of aliphatic carboxylic acids is 2. The largest absolute Gasteiger partial charge is 0.497 e. The molecule has 16 nitrogen and oxygen atoms in total. The smallest absolute Gasteiger partial charge is 0.306 e. The molecule has 20 heteroatoms. The van der Waals surface area contributed by atoms with Crippen LogP contribution in [0.5, 0.6) is 23.0 Å². The minimum Gasteiger partial charge on any atom is -0.497 e. The van der Waals surface area contributed by atoms with Crippen molar-refractivity contribution >= 4 is 68.9 Å². The molecule has 16 rings (SSSR count). The van der Waals surface area contributed by atoms with Crippen LogP contribution in [0.1, 0.15) is 276 Å². The summed E-state index contributed by atoms with van der Waals surface area (Å²) in [5, 5.41) is 32.6. The maximum Gasteiger partial charge on any atom is 0.306 e. The number of carboxylic acid groups (broad SMARTS) is 2. The molecule has 0 bridgehead atoms. The van der Waals surface area contributed by atoms with Crippen LogP contribution in [0.4, 0.5) is 40.3 Å². The molecule has 4 aliphatic rings. The van der Waals surface area contributed by atoms with Crippen molar-refractivity contribution in [3.05, 3.63) is 357 Å². The number of hydrogen-bond acceptors (Lipinski definition) is 14. The molecule has 12 aromatic carbocycles. The molecule has 150 heavy (non-hydrogen) atoms. The number of methoxy groups -OCH3 is 6. The fraction of sp³-hybridized carbons (Fsp3) is 0.354. The monoisotopic (exact) mass is 2030 g/mol. The molecular weight excluding hydrogens is 1890 g/mol. The van der Waals surface area contributed by atoms with E-state index in [1.54, 1.807) is 77.0 Å². The molecule has 0 heterocycles. The first-order valence-corrected chi connectivity index (χ1v) is 52.6. The SMILES string of the molecule is CC[C@@H](CC(=O)O)c1cccc(NCc2ccc(-c3cc(OC)ccc3F)c(C3=CCCC3(C)C)c2)c1.CC[C@@H](CC(=O)OC)c1cccc(NCc2ccc(-c3cc(OC)ccc3F)c(C3=CCCC3(C)C)c2)c1.CC[C@H](CC(=O)O)c1cccc(NCc2ccc(-c3cc(OC)ccc3F)c(C3=CCCC3(C)C)c2)c1.CC[C@H](CC(=O)OC)c1cccc(NCc2ccc(-c3cc(OC)ccc3F)c(C3=CCCC3(C)C)c2)c1. The van der Waals surface area contributed by atoms with E-state index in [-0.39, 0.29) is 93.4 Å². The highest BCUT2D eigenvalue weighted by Crippen LogP contribution is 2.53. The first-order chi connectivity index (χ1) is 71.9. The Morgan fingerprint density at radius 2 is 0.500 bits per heavy atom. The van der Waals surface area contributed by atoms with Crippen molar-refractivity contribution in [1.82, 2.24) is 0 Å². The van der Waals surface area contributed by atoms with E-state index in [1.165, 1.54) is 60.8 Å². The van der Waals surface area contributed by atoms with Gasteiger partial charge in [-0.3, -0.25) is 19.2 Å². The summed E-state index contributed by atoms with van der Waals surface area (Å²) in [6, 6.07) is 77.0. The fourth-order valence-corrected chi connectivity index (χ4v) is 21.2. The standard InChI is InChI=1S/2C33H38FNO3.2C32H36FNO3/c2*1-6-23(19-32(36)38-5)24-9-7-10-25(18-24)35-21-22-12-14-27(29-20-26(37-4)13-15-31(29)34)28(17-22)30-11-8-16-33(30,2)3;2*1-5-22(18-31(35)36)23-8-6-9-24(17-23)34-20-21-11-13-26(28-19-25(37-4)12-14-30(28)33)27(16-21)29-10-7-15-32(29,2)3/h2*7,9-15,17-18,20,23,35H,6,8,16,19,21H2,1-5H3;2*6,8-14,16-17,19,22,34H,5,7,15,18,20H2,1-4H3,(H,35,36)/t2*23-;2*22-/m1010/s1. The van der Waals surface area contributed by atoms with Crippen LogP contribution < -0.4 is 40.2 Å². The lowest BCUT2D eigenvalue weighted by molar-refractivity contribution is -0.142. The number of carbonyl (C=O) groups excluding carboxylic acids is 2. The normalized spacial score (nSPS) is 15.1. The van der Waals surface area contributed by atoms with Gasteiger partial charge in [-0.05, 0) is 379 Å². The van der Waals surface area contributed by atoms with E-state index in [4.69, 9.17) is 28.4 Å². The number of hydrogen-bond donors (Lipinski definition) is 6. The predicted octanol–water partition coefficient (Wildman–Crippen LogP) is 33.3. The molecule has 6 N–H and O–H groups in total. The van der Waals surface area contributed by atoms with Gasteiger partial charge in [0, 0.05) is 71.2 Å². The highest BCUT2D eigenvalue weighted by molar-refractivity contribution is 5.90. The molecule has 0 saturated carbocycles. The number of rotatable bonds is 40. The molecule has 0 fully saturated rings. The highest BCUT2D eigenvalue weighted by Gasteiger charge is 2.36. The number of carbonyl (C=O) groups is 4. The van der Waals surface area contributed by atoms with Gasteiger partial charge < -0.3 is 59.9 Å². The van der Waals surface area contributed by atoms with Gasteiger partial charge in [0.2, 0.25) is 0 Å². The van der Waals surface area contributed by atoms with E-state index < -0.39 is 11.9 Å². The lowest BCUT2D eigenvalue weighted by Gasteiger charge is -2.26. The summed E-state index contributed by atoms with van der Waals surface area (Å²) in [4.78, 5) is 46.2. The van der Waals surface area contributed by atoms with Gasteiger partial charge in [0.05, 0.1) is 68.3 Å². The van der Waals surface area contributed by atoms with E-state index in [1.807, 2.05) is 123 Å². The third kappa shape index (κ3) is 28.8. The van der Waals surface area contributed by atoms with Crippen LogP contribution in [0.2, 0.25) is 0 Å². The van der Waals surface area contributed by atoms with Gasteiger partial charge in [-0.15, -0.1) is 0 Å². The third-order valence-corrected chi connectivity index (χ3v) is 30.3.